The number of aliphatic hydroxyl groups excluding tert-OH is 2. The molecule has 1 amide bonds. The Bertz CT molecular complexity index is 1250. The van der Waals surface area contributed by atoms with Crippen LogP contribution in [-0.2, 0) is 24.4 Å². The average Bonchev–Trinajstić information content (AvgIpc) is 3.36. The molecule has 0 aliphatic carbocycles. The largest absolute Gasteiger partial charge is 0.393 e. The van der Waals surface area contributed by atoms with Crippen LogP contribution >= 0.6 is 0 Å². The van der Waals surface area contributed by atoms with Gasteiger partial charge in [-0.15, -0.1) is 0 Å². The van der Waals surface area contributed by atoms with Crippen molar-refractivity contribution in [2.24, 2.45) is 0 Å². The molecule has 3 N–H and O–H groups in total. The zero-order valence-electron chi connectivity index (χ0n) is 24.4. The van der Waals surface area contributed by atoms with Crippen molar-refractivity contribution in [2.75, 3.05) is 26.3 Å². The number of ether oxygens (including phenoxy) is 1. The predicted octanol–water partition coefficient (Wildman–Crippen LogP) is 4.49. The minimum atomic E-state index is -0.697. The SMILES string of the molecule is CCC(O)CC(O)CCn1c(-c2ccc(F)cc2)nc(C(=O)NCc2ccc(CN3CCOCC3)cc2)c1C(C)C. The number of halogens is 1. The van der Waals surface area contributed by atoms with Crippen LogP contribution in [0.1, 0.15) is 73.3 Å². The quantitative estimate of drug-likeness (QED) is 0.282. The lowest BCUT2D eigenvalue weighted by Gasteiger charge is -2.26. The van der Waals surface area contributed by atoms with E-state index in [2.05, 4.69) is 22.3 Å². The second-order valence-electron chi connectivity index (χ2n) is 11.1. The fourth-order valence-electron chi connectivity index (χ4n) is 5.19. The van der Waals surface area contributed by atoms with Crippen molar-refractivity contribution in [3.8, 4) is 11.4 Å². The van der Waals surface area contributed by atoms with Crippen LogP contribution < -0.4 is 5.32 Å². The van der Waals surface area contributed by atoms with Crippen LogP contribution in [0, 0.1) is 5.82 Å². The van der Waals surface area contributed by atoms with Gasteiger partial charge >= 0.3 is 0 Å². The molecule has 2 unspecified atom stereocenters. The standard InChI is InChI=1S/C32H43FN4O4/c1-4-27(38)19-28(39)13-14-37-30(22(2)3)29(35-31(37)25-9-11-26(33)12-10-25)32(40)34-20-23-5-7-24(8-6-23)21-36-15-17-41-18-16-36/h5-12,22,27-28,38-39H,4,13-21H2,1-3H3,(H,34,40). The lowest BCUT2D eigenvalue weighted by atomic mass is 10.1. The summed E-state index contributed by atoms with van der Waals surface area (Å²) in [7, 11) is 0. The van der Waals surface area contributed by atoms with Gasteiger partial charge in [0.1, 0.15) is 17.3 Å². The third-order valence-electron chi connectivity index (χ3n) is 7.56. The topological polar surface area (TPSA) is 99.8 Å². The van der Waals surface area contributed by atoms with Gasteiger partial charge in [0, 0.05) is 38.3 Å². The summed E-state index contributed by atoms with van der Waals surface area (Å²) in [5.74, 6) is -0.117. The van der Waals surface area contributed by atoms with E-state index in [1.165, 1.54) is 17.7 Å². The summed E-state index contributed by atoms with van der Waals surface area (Å²) in [5, 5.41) is 23.5. The number of hydrogen-bond donors (Lipinski definition) is 3. The van der Waals surface area contributed by atoms with Crippen molar-refractivity contribution in [2.45, 2.75) is 77.8 Å². The summed E-state index contributed by atoms with van der Waals surface area (Å²) in [4.78, 5) is 20.6. The van der Waals surface area contributed by atoms with Crippen LogP contribution in [0.5, 0.6) is 0 Å². The number of rotatable bonds is 13. The van der Waals surface area contributed by atoms with E-state index in [9.17, 15) is 19.4 Å². The maximum Gasteiger partial charge on any atom is 0.272 e. The van der Waals surface area contributed by atoms with Crippen molar-refractivity contribution in [3.63, 3.8) is 0 Å². The van der Waals surface area contributed by atoms with E-state index in [-0.39, 0.29) is 24.1 Å². The minimum absolute atomic E-state index is 0.0321. The molecule has 2 heterocycles. The third kappa shape index (κ3) is 8.45. The molecule has 222 valence electrons. The van der Waals surface area contributed by atoms with E-state index in [0.29, 0.717) is 43.0 Å². The molecule has 2 atom stereocenters. The molecule has 1 saturated heterocycles. The number of nitrogens with zero attached hydrogens (tertiary/aromatic N) is 3. The first-order chi connectivity index (χ1) is 19.7. The molecule has 3 aromatic rings. The number of amides is 1. The van der Waals surface area contributed by atoms with Crippen LogP contribution in [0.15, 0.2) is 48.5 Å². The van der Waals surface area contributed by atoms with Gasteiger partial charge in [0.05, 0.1) is 31.1 Å². The van der Waals surface area contributed by atoms with Gasteiger partial charge in [-0.25, -0.2) is 9.37 Å². The Hall–Kier alpha value is -3.11. The summed E-state index contributed by atoms with van der Waals surface area (Å²) >= 11 is 0. The molecular weight excluding hydrogens is 523 g/mol. The Balaban J connectivity index is 1.51. The third-order valence-corrected chi connectivity index (χ3v) is 7.56. The molecule has 41 heavy (non-hydrogen) atoms. The summed E-state index contributed by atoms with van der Waals surface area (Å²) in [6, 6.07) is 14.3. The lowest BCUT2D eigenvalue weighted by molar-refractivity contribution is 0.0342. The zero-order chi connectivity index (χ0) is 29.4. The highest BCUT2D eigenvalue weighted by Crippen LogP contribution is 2.29. The average molecular weight is 567 g/mol. The number of carbonyl (C=O) groups excluding carboxylic acids is 1. The Kier molecular flexibility index (Phi) is 11.0. The highest BCUT2D eigenvalue weighted by atomic mass is 19.1. The summed E-state index contributed by atoms with van der Waals surface area (Å²) in [6.07, 6.45) is -0.0203. The first kappa shape index (κ1) is 30.8. The zero-order valence-corrected chi connectivity index (χ0v) is 24.4. The monoisotopic (exact) mass is 566 g/mol. The number of aliphatic hydroxyl groups is 2. The molecule has 0 bridgehead atoms. The fourth-order valence-corrected chi connectivity index (χ4v) is 5.19. The van der Waals surface area contributed by atoms with Gasteiger partial charge in [-0.2, -0.15) is 0 Å². The first-order valence-electron chi connectivity index (χ1n) is 14.6. The van der Waals surface area contributed by atoms with Gasteiger partial charge in [0.2, 0.25) is 0 Å². The molecule has 0 saturated carbocycles. The normalized spacial score (nSPS) is 15.7. The fraction of sp³-hybridized carbons (Fsp3) is 0.500. The Morgan fingerprint density at radius 2 is 1.68 bits per heavy atom. The van der Waals surface area contributed by atoms with Crippen LogP contribution in [0.3, 0.4) is 0 Å². The highest BCUT2D eigenvalue weighted by molar-refractivity contribution is 5.94. The van der Waals surface area contributed by atoms with Crippen molar-refractivity contribution in [1.82, 2.24) is 19.8 Å². The smallest absolute Gasteiger partial charge is 0.272 e. The maximum atomic E-state index is 13.7. The molecule has 1 aliphatic heterocycles. The second kappa shape index (κ2) is 14.7. The van der Waals surface area contributed by atoms with Gasteiger partial charge in [-0.1, -0.05) is 45.0 Å². The lowest BCUT2D eigenvalue weighted by Crippen LogP contribution is -2.35. The summed E-state index contributed by atoms with van der Waals surface area (Å²) < 4.78 is 21.1. The molecule has 0 spiro atoms. The van der Waals surface area contributed by atoms with Crippen molar-refractivity contribution >= 4 is 5.91 Å². The molecule has 4 rings (SSSR count). The Labute approximate surface area is 242 Å². The van der Waals surface area contributed by atoms with Gasteiger partial charge in [-0.05, 0) is 60.6 Å². The summed E-state index contributed by atoms with van der Waals surface area (Å²) in [6.45, 7) is 10.9. The Morgan fingerprint density at radius 3 is 2.32 bits per heavy atom. The molecule has 8 nitrogen and oxygen atoms in total. The van der Waals surface area contributed by atoms with E-state index >= 15 is 0 Å². The van der Waals surface area contributed by atoms with Crippen LogP contribution in [0.4, 0.5) is 4.39 Å². The number of imidazole rings is 1. The number of carbonyl (C=O) groups is 1. The van der Waals surface area contributed by atoms with Crippen molar-refractivity contribution in [1.29, 1.82) is 0 Å². The van der Waals surface area contributed by atoms with Crippen LogP contribution in [-0.4, -0.2) is 69.1 Å². The van der Waals surface area contributed by atoms with E-state index in [1.54, 1.807) is 12.1 Å². The molecule has 0 radical (unpaired) electrons. The number of hydrogen-bond acceptors (Lipinski definition) is 6. The van der Waals surface area contributed by atoms with Crippen molar-refractivity contribution in [3.05, 3.63) is 76.9 Å². The number of benzene rings is 2. The van der Waals surface area contributed by atoms with Crippen LogP contribution in [0.25, 0.3) is 11.4 Å². The second-order valence-corrected chi connectivity index (χ2v) is 11.1. The van der Waals surface area contributed by atoms with Crippen LogP contribution in [0.2, 0.25) is 0 Å². The van der Waals surface area contributed by atoms with Gasteiger partial charge in [-0.3, -0.25) is 9.69 Å². The number of nitrogens with one attached hydrogen (secondary N) is 1. The minimum Gasteiger partial charge on any atom is -0.393 e. The van der Waals surface area contributed by atoms with E-state index in [4.69, 9.17) is 9.72 Å². The molecular formula is C32H43FN4O4. The van der Waals surface area contributed by atoms with E-state index < -0.39 is 12.2 Å². The molecule has 2 aromatic carbocycles. The number of aromatic nitrogens is 2. The molecule has 9 heteroatoms. The summed E-state index contributed by atoms with van der Waals surface area (Å²) in [5.41, 5.74) is 3.98. The highest BCUT2D eigenvalue weighted by Gasteiger charge is 2.26. The molecule has 1 aliphatic rings. The maximum absolute atomic E-state index is 13.7. The predicted molar refractivity (Wildman–Crippen MR) is 157 cm³/mol. The van der Waals surface area contributed by atoms with E-state index in [1.807, 2.05) is 37.5 Å². The number of morpholine rings is 1. The first-order valence-corrected chi connectivity index (χ1v) is 14.6. The van der Waals surface area contributed by atoms with Gasteiger partial charge in [0.25, 0.3) is 5.91 Å². The van der Waals surface area contributed by atoms with Gasteiger partial charge < -0.3 is 24.8 Å². The Morgan fingerprint density at radius 1 is 1.02 bits per heavy atom. The van der Waals surface area contributed by atoms with Gasteiger partial charge in [0.15, 0.2) is 0 Å². The molecule has 1 aromatic heterocycles. The van der Waals surface area contributed by atoms with E-state index in [0.717, 1.165) is 44.1 Å². The van der Waals surface area contributed by atoms with Crippen molar-refractivity contribution < 1.29 is 24.1 Å². The molecule has 1 fully saturated rings.